The lowest BCUT2D eigenvalue weighted by Gasteiger charge is -2.17. The first-order chi connectivity index (χ1) is 16.9. The molecule has 0 aliphatic carbocycles. The van der Waals surface area contributed by atoms with E-state index in [2.05, 4.69) is 51.7 Å². The Morgan fingerprint density at radius 2 is 2.26 bits per heavy atom. The van der Waals surface area contributed by atoms with Crippen LogP contribution in [0.3, 0.4) is 0 Å². The smallest absolute Gasteiger partial charge is 0.330 e. The predicted octanol–water partition coefficient (Wildman–Crippen LogP) is 0.814. The molecule has 17 heteroatoms. The van der Waals surface area contributed by atoms with Gasteiger partial charge in [0.2, 0.25) is 5.91 Å². The second kappa shape index (κ2) is 14.8. The van der Waals surface area contributed by atoms with Gasteiger partial charge in [-0.2, -0.15) is 0 Å². The number of hydrogen-bond acceptors (Lipinski definition) is 9. The predicted molar refractivity (Wildman–Crippen MR) is 123 cm³/mol. The molecule has 1 amide bonds. The van der Waals surface area contributed by atoms with Gasteiger partial charge in [0.05, 0.1) is 19.3 Å². The normalized spacial score (nSPS) is 19.5. The van der Waals surface area contributed by atoms with Gasteiger partial charge in [-0.25, -0.2) is 4.79 Å². The van der Waals surface area contributed by atoms with Crippen LogP contribution in [0.4, 0.5) is 0 Å². The van der Waals surface area contributed by atoms with E-state index in [0.29, 0.717) is 6.42 Å². The molecule has 35 heavy (non-hydrogen) atoms. The van der Waals surface area contributed by atoms with Crippen molar-refractivity contribution in [3.05, 3.63) is 53.5 Å². The van der Waals surface area contributed by atoms with Crippen LogP contribution in [0.1, 0.15) is 31.6 Å². The van der Waals surface area contributed by atoms with E-state index in [9.17, 15) is 14.4 Å². The Bertz CT molecular complexity index is 1150. The lowest BCUT2D eigenvalue weighted by molar-refractivity contribution is -0.127. The van der Waals surface area contributed by atoms with E-state index in [0.717, 1.165) is 0 Å². The lowest BCUT2D eigenvalue weighted by atomic mass is 10.2. The Balaban J connectivity index is 2.05. The fraction of sp³-hybridized carbons (Fsp3) is 0.611. The number of hydrogen-bond donors (Lipinski definition) is 2. The third-order valence-corrected chi connectivity index (χ3v) is 4.85. The van der Waals surface area contributed by atoms with Gasteiger partial charge in [0.15, 0.2) is 0 Å². The largest absolute Gasteiger partial charge is 0.369 e. The zero-order valence-corrected chi connectivity index (χ0v) is 19.8. The number of ether oxygens (including phenoxy) is 3. The van der Waals surface area contributed by atoms with Gasteiger partial charge in [-0.05, 0) is 17.5 Å². The van der Waals surface area contributed by atoms with E-state index >= 15 is 0 Å². The van der Waals surface area contributed by atoms with Crippen molar-refractivity contribution < 1.29 is 23.5 Å². The topological polar surface area (TPSA) is 218 Å². The Hall–Kier alpha value is -3.40. The molecule has 2 N–H and O–H groups in total. The Morgan fingerprint density at radius 1 is 1.46 bits per heavy atom. The van der Waals surface area contributed by atoms with Crippen LogP contribution < -0.4 is 16.6 Å². The van der Waals surface area contributed by atoms with Gasteiger partial charge in [-0.1, -0.05) is 29.0 Å². The molecule has 1 aliphatic heterocycles. The van der Waals surface area contributed by atoms with Crippen molar-refractivity contribution in [2.24, 2.45) is 10.2 Å². The van der Waals surface area contributed by atoms with Crippen LogP contribution in [-0.2, 0) is 23.5 Å². The number of aromatic amines is 1. The summed E-state index contributed by atoms with van der Waals surface area (Å²) in [7, 11) is 2.09. The third kappa shape index (κ3) is 8.71. The first-order valence-corrected chi connectivity index (χ1v) is 10.8. The Kier molecular flexibility index (Phi) is 11.8. The van der Waals surface area contributed by atoms with Crippen LogP contribution in [0.25, 0.3) is 20.9 Å². The van der Waals surface area contributed by atoms with Gasteiger partial charge < -0.3 is 24.1 Å². The van der Waals surface area contributed by atoms with E-state index in [1.54, 1.807) is 6.92 Å². The molecule has 1 fully saturated rings. The van der Waals surface area contributed by atoms with E-state index in [4.69, 9.17) is 29.8 Å². The number of amides is 1. The van der Waals surface area contributed by atoms with Crippen molar-refractivity contribution in [2.45, 2.75) is 44.4 Å². The van der Waals surface area contributed by atoms with Crippen molar-refractivity contribution >= 4 is 15.4 Å². The Morgan fingerprint density at radius 3 is 2.94 bits per heavy atom. The first kappa shape index (κ1) is 27.8. The summed E-state index contributed by atoms with van der Waals surface area (Å²) in [6, 6.07) is 0. The van der Waals surface area contributed by atoms with E-state index < -0.39 is 41.8 Å². The molecule has 1 aromatic rings. The highest BCUT2D eigenvalue weighted by atomic mass is 31.0. The summed E-state index contributed by atoms with van der Waals surface area (Å²) >= 11 is 0. The number of nitrogens with one attached hydrogen (secondary N) is 2. The summed E-state index contributed by atoms with van der Waals surface area (Å²) in [5.74, 6) is 4.73. The highest BCUT2D eigenvalue weighted by molar-refractivity contribution is 7.09. The fourth-order valence-corrected chi connectivity index (χ4v) is 3.22. The zero-order valence-electron chi connectivity index (χ0n) is 18.7. The number of carbonyl (C=O) groups excluding carboxylic acids is 1. The minimum absolute atomic E-state index is 0.0228. The second-order valence-corrected chi connectivity index (χ2v) is 7.26. The molecule has 0 aromatic carbocycles. The molecule has 2 rings (SSSR count). The van der Waals surface area contributed by atoms with E-state index in [-0.39, 0.29) is 38.5 Å². The number of nitrogens with zero attached hydrogens (tertiary/aromatic N) is 7. The van der Waals surface area contributed by atoms with Crippen LogP contribution in [0, 0.1) is 11.8 Å². The monoisotopic (exact) mass is 509 g/mol. The maximum Gasteiger partial charge on any atom is 0.330 e. The number of carbonyl (C=O) groups is 1. The summed E-state index contributed by atoms with van der Waals surface area (Å²) in [6.45, 7) is 1.24. The Labute approximate surface area is 200 Å². The van der Waals surface area contributed by atoms with Crippen molar-refractivity contribution in [3.63, 3.8) is 0 Å². The van der Waals surface area contributed by atoms with Crippen molar-refractivity contribution in [3.8, 4) is 11.8 Å². The van der Waals surface area contributed by atoms with Crippen LogP contribution in [-0.4, -0.2) is 60.4 Å². The minimum atomic E-state index is -0.791. The van der Waals surface area contributed by atoms with Gasteiger partial charge in [0, 0.05) is 31.9 Å². The quantitative estimate of drug-likeness (QED) is 0.136. The van der Waals surface area contributed by atoms with E-state index in [1.807, 2.05) is 0 Å². The molecule has 188 valence electrons. The molecule has 0 spiro atoms. The summed E-state index contributed by atoms with van der Waals surface area (Å²) < 4.78 is 22.7. The molecular weight excluding hydrogens is 485 g/mol. The third-order valence-electron chi connectivity index (χ3n) is 4.66. The highest BCUT2D eigenvalue weighted by Crippen LogP contribution is 2.30. The van der Waals surface area contributed by atoms with Crippen molar-refractivity contribution in [1.82, 2.24) is 14.9 Å². The number of azide groups is 2. The number of rotatable bonds is 12. The van der Waals surface area contributed by atoms with E-state index in [1.165, 1.54) is 10.8 Å². The minimum Gasteiger partial charge on any atom is -0.369 e. The average Bonchev–Trinajstić information content (AvgIpc) is 3.23. The maximum absolute atomic E-state index is 12.4. The molecule has 2 heterocycles. The molecule has 0 radical (unpaired) electrons. The molecule has 1 aliphatic rings. The van der Waals surface area contributed by atoms with Crippen molar-refractivity contribution in [2.75, 3.05) is 26.5 Å². The van der Waals surface area contributed by atoms with Gasteiger partial charge in [-0.15, -0.1) is 0 Å². The molecule has 5 atom stereocenters. The summed E-state index contributed by atoms with van der Waals surface area (Å²) in [6.07, 6.45) is -0.730. The van der Waals surface area contributed by atoms with Gasteiger partial charge in [0.1, 0.15) is 37.5 Å². The molecule has 1 saturated heterocycles. The molecule has 1 aromatic heterocycles. The lowest BCUT2D eigenvalue weighted by Crippen LogP contribution is -2.34. The van der Waals surface area contributed by atoms with Crippen LogP contribution >= 0.6 is 9.47 Å². The van der Waals surface area contributed by atoms with Crippen molar-refractivity contribution in [1.29, 1.82) is 0 Å². The zero-order chi connectivity index (χ0) is 25.6. The maximum atomic E-state index is 12.4. The summed E-state index contributed by atoms with van der Waals surface area (Å²) in [5.41, 5.74) is 15.4. The van der Waals surface area contributed by atoms with Crippen LogP contribution in [0.2, 0.25) is 0 Å². The molecule has 0 bridgehead atoms. The van der Waals surface area contributed by atoms with Gasteiger partial charge in [0.25, 0.3) is 5.56 Å². The number of aromatic nitrogens is 2. The van der Waals surface area contributed by atoms with Gasteiger partial charge >= 0.3 is 5.69 Å². The average molecular weight is 509 g/mol. The fourth-order valence-electron chi connectivity index (χ4n) is 3.03. The van der Waals surface area contributed by atoms with Crippen LogP contribution in [0.5, 0.6) is 0 Å². The van der Waals surface area contributed by atoms with Crippen LogP contribution in [0.15, 0.2) is 26.0 Å². The number of H-pyrrole nitrogens is 1. The summed E-state index contributed by atoms with van der Waals surface area (Å²) in [5, 5.41) is 9.19. The molecule has 5 unspecified atom stereocenters. The van der Waals surface area contributed by atoms with Gasteiger partial charge in [-0.3, -0.25) is 19.1 Å². The molecule has 16 nitrogen and oxygen atoms in total. The second-order valence-electron chi connectivity index (χ2n) is 6.93. The molecular formula is C18H24N9O7P. The SMILES string of the molecule is CCC(N=[N+]=[N-])OCC(=O)NCC#Cc1cn(C2CC(OCN=[N+]=[N-])C(COP)O2)c(=O)[nH]c1=O. The standard InChI is InChI=1S/C18H24N9O7P/c1-2-15(24-26-20)31-9-14(28)21-5-3-4-11-7-27(18(30)23-17(11)29)16-6-12(32-10-22-25-19)13(34-16)8-33-35/h7,12-13,15-16H,2,5-6,8-10,35H2,1H3,(H,21,28)(H,23,29,30). The summed E-state index contributed by atoms with van der Waals surface area (Å²) in [4.78, 5) is 43.8. The highest BCUT2D eigenvalue weighted by Gasteiger charge is 2.37. The molecule has 0 saturated carbocycles. The first-order valence-electron chi connectivity index (χ1n) is 10.3.